The van der Waals surface area contributed by atoms with Crippen LogP contribution in [0.2, 0.25) is 0 Å². The number of rotatable bonds is 6. The van der Waals surface area contributed by atoms with E-state index in [2.05, 4.69) is 16.9 Å². The SMILES string of the molecule is CC(C)S(=O)(=O)N[C@H]1CCCC[C@@H]1F.c1ccc(COc2ccccc2)cc1. The second-order valence-electron chi connectivity index (χ2n) is 7.21. The third-order valence-corrected chi connectivity index (χ3v) is 6.48. The molecule has 2 atom stereocenters. The Morgan fingerprint density at radius 3 is 2.14 bits per heavy atom. The van der Waals surface area contributed by atoms with Gasteiger partial charge in [-0.1, -0.05) is 61.4 Å². The number of sulfonamides is 1. The molecule has 0 aromatic heterocycles. The highest BCUT2D eigenvalue weighted by Gasteiger charge is 2.29. The van der Waals surface area contributed by atoms with Crippen molar-refractivity contribution in [2.45, 2.75) is 63.6 Å². The van der Waals surface area contributed by atoms with Gasteiger partial charge in [-0.05, 0) is 44.4 Å². The van der Waals surface area contributed by atoms with Crippen LogP contribution < -0.4 is 9.46 Å². The second-order valence-corrected chi connectivity index (χ2v) is 9.47. The van der Waals surface area contributed by atoms with Gasteiger partial charge in [0.2, 0.25) is 10.0 Å². The van der Waals surface area contributed by atoms with E-state index in [-0.39, 0.29) is 0 Å². The van der Waals surface area contributed by atoms with Crippen molar-refractivity contribution in [3.63, 3.8) is 0 Å². The number of para-hydroxylation sites is 1. The molecule has 2 aromatic carbocycles. The largest absolute Gasteiger partial charge is 0.489 e. The molecule has 154 valence electrons. The van der Waals surface area contributed by atoms with Crippen LogP contribution in [0.1, 0.15) is 45.1 Å². The van der Waals surface area contributed by atoms with Gasteiger partial charge in [-0.25, -0.2) is 17.5 Å². The van der Waals surface area contributed by atoms with E-state index in [0.29, 0.717) is 19.4 Å². The molecule has 28 heavy (non-hydrogen) atoms. The average molecular weight is 408 g/mol. The zero-order valence-corrected chi connectivity index (χ0v) is 17.4. The minimum absolute atomic E-state index is 0.477. The van der Waals surface area contributed by atoms with Crippen LogP contribution in [0.25, 0.3) is 0 Å². The maximum Gasteiger partial charge on any atom is 0.214 e. The Balaban J connectivity index is 0.000000200. The zero-order valence-electron chi connectivity index (χ0n) is 16.6. The van der Waals surface area contributed by atoms with E-state index in [0.717, 1.165) is 18.6 Å². The molecule has 0 spiro atoms. The number of hydrogen-bond acceptors (Lipinski definition) is 3. The minimum Gasteiger partial charge on any atom is -0.489 e. The van der Waals surface area contributed by atoms with Gasteiger partial charge in [-0.15, -0.1) is 0 Å². The number of halogens is 1. The van der Waals surface area contributed by atoms with E-state index in [1.165, 1.54) is 5.56 Å². The summed E-state index contributed by atoms with van der Waals surface area (Å²) in [7, 11) is -3.32. The van der Waals surface area contributed by atoms with E-state index in [1.54, 1.807) is 13.8 Å². The van der Waals surface area contributed by atoms with Crippen molar-refractivity contribution in [3.05, 3.63) is 66.2 Å². The molecule has 1 aliphatic carbocycles. The lowest BCUT2D eigenvalue weighted by molar-refractivity contribution is 0.206. The van der Waals surface area contributed by atoms with E-state index >= 15 is 0 Å². The molecule has 4 nitrogen and oxygen atoms in total. The predicted octanol–water partition coefficient (Wildman–Crippen LogP) is 4.86. The van der Waals surface area contributed by atoms with E-state index in [4.69, 9.17) is 4.74 Å². The molecule has 0 amide bonds. The number of benzene rings is 2. The summed E-state index contributed by atoms with van der Waals surface area (Å²) in [4.78, 5) is 0. The maximum atomic E-state index is 13.3. The van der Waals surface area contributed by atoms with Crippen molar-refractivity contribution in [1.29, 1.82) is 0 Å². The van der Waals surface area contributed by atoms with Crippen LogP contribution >= 0.6 is 0 Å². The summed E-state index contributed by atoms with van der Waals surface area (Å²) in [6.45, 7) is 3.82. The summed E-state index contributed by atoms with van der Waals surface area (Å²) in [5.74, 6) is 0.913. The van der Waals surface area contributed by atoms with Gasteiger partial charge in [0.25, 0.3) is 0 Å². The van der Waals surface area contributed by atoms with Crippen LogP contribution in [0.5, 0.6) is 5.75 Å². The average Bonchev–Trinajstić information content (AvgIpc) is 2.70. The Hall–Kier alpha value is -1.92. The molecule has 1 fully saturated rings. The standard InChI is InChI=1S/C13H12O.C9H18FNO2S/c1-3-7-12(8-4-1)11-14-13-9-5-2-6-10-13;1-7(2)14(12,13)11-9-6-4-3-5-8(9)10/h1-10H,11H2;7-9,11H,3-6H2,1-2H3/t;8-,9-/m.0/s1. The molecular formula is C22H30FNO3S. The number of hydrogen-bond donors (Lipinski definition) is 1. The van der Waals surface area contributed by atoms with Crippen molar-refractivity contribution in [2.24, 2.45) is 0 Å². The van der Waals surface area contributed by atoms with Crippen molar-refractivity contribution in [3.8, 4) is 5.75 Å². The van der Waals surface area contributed by atoms with Crippen LogP contribution in [0.4, 0.5) is 4.39 Å². The van der Waals surface area contributed by atoms with Gasteiger partial charge in [-0.3, -0.25) is 0 Å². The van der Waals surface area contributed by atoms with Crippen molar-refractivity contribution in [1.82, 2.24) is 4.72 Å². The van der Waals surface area contributed by atoms with Crippen LogP contribution in [0, 0.1) is 0 Å². The first-order chi connectivity index (χ1) is 13.4. The third-order valence-electron chi connectivity index (χ3n) is 4.61. The predicted molar refractivity (Wildman–Crippen MR) is 112 cm³/mol. The molecule has 1 saturated carbocycles. The van der Waals surface area contributed by atoms with Gasteiger partial charge in [0, 0.05) is 0 Å². The monoisotopic (exact) mass is 407 g/mol. The lowest BCUT2D eigenvalue weighted by Gasteiger charge is -2.27. The highest BCUT2D eigenvalue weighted by molar-refractivity contribution is 7.90. The highest BCUT2D eigenvalue weighted by atomic mass is 32.2. The van der Waals surface area contributed by atoms with E-state index in [1.807, 2.05) is 48.5 Å². The molecule has 6 heteroatoms. The van der Waals surface area contributed by atoms with Gasteiger partial charge in [-0.2, -0.15) is 0 Å². The molecule has 0 heterocycles. The van der Waals surface area contributed by atoms with Gasteiger partial charge in [0.15, 0.2) is 0 Å². The number of alkyl halides is 1. The topological polar surface area (TPSA) is 55.4 Å². The summed E-state index contributed by atoms with van der Waals surface area (Å²) in [6.07, 6.45) is 1.85. The molecule has 0 aliphatic heterocycles. The van der Waals surface area contributed by atoms with Gasteiger partial charge in [0.05, 0.1) is 11.3 Å². The first-order valence-electron chi connectivity index (χ1n) is 9.75. The Kier molecular flexibility index (Phi) is 8.93. The molecule has 1 N–H and O–H groups in total. The Labute approximate surface area is 168 Å². The normalized spacial score (nSPS) is 19.6. The van der Waals surface area contributed by atoms with Crippen LogP contribution in [0.3, 0.4) is 0 Å². The Bertz CT molecular complexity index is 742. The number of ether oxygens (including phenoxy) is 1. The Morgan fingerprint density at radius 1 is 1.00 bits per heavy atom. The molecule has 0 unspecified atom stereocenters. The van der Waals surface area contributed by atoms with E-state index in [9.17, 15) is 12.8 Å². The minimum atomic E-state index is -3.32. The van der Waals surface area contributed by atoms with Gasteiger partial charge >= 0.3 is 0 Å². The number of nitrogens with one attached hydrogen (secondary N) is 1. The fourth-order valence-corrected chi connectivity index (χ4v) is 3.78. The molecular weight excluding hydrogens is 377 g/mol. The van der Waals surface area contributed by atoms with Crippen molar-refractivity contribution >= 4 is 10.0 Å². The quantitative estimate of drug-likeness (QED) is 0.744. The fraction of sp³-hybridized carbons (Fsp3) is 0.455. The van der Waals surface area contributed by atoms with Gasteiger partial charge < -0.3 is 4.74 Å². The molecule has 2 aromatic rings. The highest BCUT2D eigenvalue weighted by Crippen LogP contribution is 2.22. The summed E-state index contributed by atoms with van der Waals surface area (Å²) in [5, 5.41) is -0.489. The van der Waals surface area contributed by atoms with Crippen LogP contribution in [0.15, 0.2) is 60.7 Å². The summed E-state index contributed by atoms with van der Waals surface area (Å²) >= 11 is 0. The fourth-order valence-electron chi connectivity index (χ4n) is 2.82. The lowest BCUT2D eigenvalue weighted by atomic mass is 9.95. The first-order valence-corrected chi connectivity index (χ1v) is 11.3. The summed E-state index contributed by atoms with van der Waals surface area (Å²) < 4.78 is 44.3. The second kappa shape index (κ2) is 11.2. The molecule has 0 radical (unpaired) electrons. The van der Waals surface area contributed by atoms with Crippen molar-refractivity contribution < 1.29 is 17.5 Å². The molecule has 0 bridgehead atoms. The van der Waals surface area contributed by atoms with Crippen LogP contribution in [-0.2, 0) is 16.6 Å². The zero-order chi connectivity index (χ0) is 20.4. The summed E-state index contributed by atoms with van der Waals surface area (Å²) in [5.41, 5.74) is 1.19. The third kappa shape index (κ3) is 7.60. The Morgan fingerprint density at radius 2 is 1.57 bits per heavy atom. The molecule has 3 rings (SSSR count). The van der Waals surface area contributed by atoms with Crippen LogP contribution in [-0.4, -0.2) is 25.9 Å². The molecule has 1 aliphatic rings. The maximum absolute atomic E-state index is 13.3. The van der Waals surface area contributed by atoms with Gasteiger partial charge in [0.1, 0.15) is 18.5 Å². The lowest BCUT2D eigenvalue weighted by Crippen LogP contribution is -2.45. The first kappa shape index (κ1) is 22.4. The smallest absolute Gasteiger partial charge is 0.214 e. The summed E-state index contributed by atoms with van der Waals surface area (Å²) in [6, 6.07) is 19.5. The van der Waals surface area contributed by atoms with Crippen molar-refractivity contribution in [2.75, 3.05) is 0 Å². The van der Waals surface area contributed by atoms with E-state index < -0.39 is 27.5 Å². The molecule has 0 saturated heterocycles.